The van der Waals surface area contributed by atoms with Gasteiger partial charge in [0.05, 0.1) is 12.6 Å². The number of rotatable bonds is 2. The average molecular weight is 272 g/mol. The summed E-state index contributed by atoms with van der Waals surface area (Å²) in [6.45, 7) is 5.79. The van der Waals surface area contributed by atoms with Crippen molar-refractivity contribution in [1.29, 1.82) is 0 Å². The number of likely N-dealkylation sites (N-methyl/N-ethyl adjacent to an activating group) is 1. The summed E-state index contributed by atoms with van der Waals surface area (Å²) in [6.07, 6.45) is -0.0825. The van der Waals surface area contributed by atoms with Gasteiger partial charge in [0.1, 0.15) is 11.6 Å². The molecule has 0 radical (unpaired) electrons. The second-order valence-electron chi connectivity index (χ2n) is 5.97. The van der Waals surface area contributed by atoms with E-state index in [1.165, 1.54) is 9.80 Å². The van der Waals surface area contributed by atoms with Crippen LogP contribution in [0.4, 0.5) is 4.79 Å². The number of hydrogen-bond donors (Lipinski definition) is 0. The molecule has 1 saturated heterocycles. The highest BCUT2D eigenvalue weighted by molar-refractivity contribution is 5.86. The summed E-state index contributed by atoms with van der Waals surface area (Å²) in [5.74, 6) is -0.106. The Balaban J connectivity index is 2.83. The van der Waals surface area contributed by atoms with Crippen LogP contribution in [0.1, 0.15) is 27.2 Å². The molecule has 0 bridgehead atoms. The first-order valence-corrected chi connectivity index (χ1v) is 6.39. The van der Waals surface area contributed by atoms with E-state index in [2.05, 4.69) is 0 Å². The molecule has 19 heavy (non-hydrogen) atoms. The van der Waals surface area contributed by atoms with E-state index >= 15 is 0 Å². The molecule has 1 aliphatic heterocycles. The molecule has 110 valence electrons. The second kappa shape index (κ2) is 5.77. The molecule has 0 aromatic heterocycles. The second-order valence-corrected chi connectivity index (χ2v) is 5.97. The summed E-state index contributed by atoms with van der Waals surface area (Å²) in [5.41, 5.74) is -0.575. The van der Waals surface area contributed by atoms with Crippen molar-refractivity contribution in [3.05, 3.63) is 0 Å². The van der Waals surface area contributed by atoms with Gasteiger partial charge in [0.15, 0.2) is 0 Å². The van der Waals surface area contributed by atoms with E-state index in [1.807, 2.05) is 0 Å². The SMILES string of the molecule is CO[C@H]1C[C@H](C(=O)N(C)C)N(C(=O)OC(C)(C)C)C1. The number of amides is 2. The zero-order valence-electron chi connectivity index (χ0n) is 12.6. The van der Waals surface area contributed by atoms with Crippen LogP contribution in [-0.2, 0) is 14.3 Å². The van der Waals surface area contributed by atoms with Crippen molar-refractivity contribution in [3.8, 4) is 0 Å². The fourth-order valence-electron chi connectivity index (χ4n) is 2.02. The van der Waals surface area contributed by atoms with Crippen LogP contribution in [0.15, 0.2) is 0 Å². The van der Waals surface area contributed by atoms with Crippen molar-refractivity contribution >= 4 is 12.0 Å². The third-order valence-corrected chi connectivity index (χ3v) is 2.95. The topological polar surface area (TPSA) is 59.1 Å². The van der Waals surface area contributed by atoms with Crippen LogP contribution < -0.4 is 0 Å². The van der Waals surface area contributed by atoms with Crippen molar-refractivity contribution in [2.45, 2.75) is 44.9 Å². The fourth-order valence-corrected chi connectivity index (χ4v) is 2.02. The van der Waals surface area contributed by atoms with Gasteiger partial charge in [-0.1, -0.05) is 0 Å². The molecular weight excluding hydrogens is 248 g/mol. The van der Waals surface area contributed by atoms with Gasteiger partial charge in [-0.05, 0) is 20.8 Å². The number of likely N-dealkylation sites (tertiary alicyclic amines) is 1. The molecule has 1 heterocycles. The minimum Gasteiger partial charge on any atom is -0.444 e. The zero-order chi connectivity index (χ0) is 14.8. The standard InChI is InChI=1S/C13H24N2O4/c1-13(2,3)19-12(17)15-8-9(18-6)7-10(15)11(16)14(4)5/h9-10H,7-8H2,1-6H3/t9-,10+/m0/s1. The summed E-state index contributed by atoms with van der Waals surface area (Å²) in [7, 11) is 4.94. The van der Waals surface area contributed by atoms with Crippen LogP contribution in [0.25, 0.3) is 0 Å². The Bertz CT molecular complexity index is 349. The Morgan fingerprint density at radius 1 is 1.26 bits per heavy atom. The summed E-state index contributed by atoms with van der Waals surface area (Å²) in [5, 5.41) is 0. The van der Waals surface area contributed by atoms with E-state index in [9.17, 15) is 9.59 Å². The number of ether oxygens (including phenoxy) is 2. The molecule has 0 N–H and O–H groups in total. The summed E-state index contributed by atoms with van der Waals surface area (Å²) >= 11 is 0. The van der Waals surface area contributed by atoms with Crippen molar-refractivity contribution in [1.82, 2.24) is 9.80 Å². The summed E-state index contributed by atoms with van der Waals surface area (Å²) in [4.78, 5) is 27.2. The monoisotopic (exact) mass is 272 g/mol. The third kappa shape index (κ3) is 4.09. The van der Waals surface area contributed by atoms with Crippen molar-refractivity contribution in [2.75, 3.05) is 27.7 Å². The first kappa shape index (κ1) is 15.8. The molecule has 2 amide bonds. The minimum atomic E-state index is -0.575. The number of methoxy groups -OCH3 is 1. The number of hydrogen-bond acceptors (Lipinski definition) is 4. The maximum absolute atomic E-state index is 12.1. The first-order chi connectivity index (χ1) is 8.65. The Morgan fingerprint density at radius 2 is 1.84 bits per heavy atom. The first-order valence-electron chi connectivity index (χ1n) is 6.39. The van der Waals surface area contributed by atoms with E-state index in [-0.39, 0.29) is 12.0 Å². The number of carbonyl (C=O) groups excluding carboxylic acids is 2. The van der Waals surface area contributed by atoms with Crippen LogP contribution in [0, 0.1) is 0 Å². The van der Waals surface area contributed by atoms with Gasteiger partial charge in [-0.25, -0.2) is 4.79 Å². The van der Waals surface area contributed by atoms with Crippen molar-refractivity contribution in [2.24, 2.45) is 0 Å². The lowest BCUT2D eigenvalue weighted by atomic mass is 10.2. The van der Waals surface area contributed by atoms with E-state index in [1.54, 1.807) is 42.0 Å². The van der Waals surface area contributed by atoms with E-state index in [4.69, 9.17) is 9.47 Å². The van der Waals surface area contributed by atoms with Crippen molar-refractivity contribution < 1.29 is 19.1 Å². The van der Waals surface area contributed by atoms with Crippen LogP contribution >= 0.6 is 0 Å². The van der Waals surface area contributed by atoms with E-state index < -0.39 is 17.7 Å². The fraction of sp³-hybridized carbons (Fsp3) is 0.846. The zero-order valence-corrected chi connectivity index (χ0v) is 12.6. The van der Waals surface area contributed by atoms with E-state index in [0.29, 0.717) is 13.0 Å². The Kier molecular flexibility index (Phi) is 4.79. The minimum absolute atomic E-state index is 0.106. The van der Waals surface area contributed by atoms with Crippen LogP contribution in [0.5, 0.6) is 0 Å². The highest BCUT2D eigenvalue weighted by Gasteiger charge is 2.42. The molecule has 1 aliphatic rings. The predicted octanol–water partition coefficient (Wildman–Crippen LogP) is 1.10. The highest BCUT2D eigenvalue weighted by Crippen LogP contribution is 2.23. The smallest absolute Gasteiger partial charge is 0.411 e. The predicted molar refractivity (Wildman–Crippen MR) is 70.8 cm³/mol. The molecule has 6 heteroatoms. The normalized spacial score (nSPS) is 23.4. The maximum atomic E-state index is 12.1. The number of carbonyl (C=O) groups is 2. The lowest BCUT2D eigenvalue weighted by molar-refractivity contribution is -0.133. The molecule has 0 aliphatic carbocycles. The Morgan fingerprint density at radius 3 is 2.26 bits per heavy atom. The average Bonchev–Trinajstić information content (AvgIpc) is 2.69. The van der Waals surface area contributed by atoms with Gasteiger partial charge in [-0.2, -0.15) is 0 Å². The summed E-state index contributed by atoms with van der Waals surface area (Å²) in [6, 6.07) is -0.505. The summed E-state index contributed by atoms with van der Waals surface area (Å²) < 4.78 is 10.6. The molecule has 0 unspecified atom stereocenters. The number of nitrogens with zero attached hydrogens (tertiary/aromatic N) is 2. The van der Waals surface area contributed by atoms with Crippen LogP contribution in [0.2, 0.25) is 0 Å². The maximum Gasteiger partial charge on any atom is 0.411 e. The largest absolute Gasteiger partial charge is 0.444 e. The highest BCUT2D eigenvalue weighted by atomic mass is 16.6. The molecule has 6 nitrogen and oxygen atoms in total. The molecule has 0 saturated carbocycles. The van der Waals surface area contributed by atoms with Gasteiger partial charge in [0.25, 0.3) is 0 Å². The molecular formula is C13H24N2O4. The third-order valence-electron chi connectivity index (χ3n) is 2.95. The molecule has 1 fully saturated rings. The Hall–Kier alpha value is -1.30. The molecule has 2 atom stereocenters. The quantitative estimate of drug-likeness (QED) is 0.755. The molecule has 0 spiro atoms. The van der Waals surface area contributed by atoms with Crippen molar-refractivity contribution in [3.63, 3.8) is 0 Å². The van der Waals surface area contributed by atoms with E-state index in [0.717, 1.165) is 0 Å². The van der Waals surface area contributed by atoms with Crippen LogP contribution in [-0.4, -0.2) is 67.3 Å². The molecule has 0 aromatic carbocycles. The van der Waals surface area contributed by atoms with Gasteiger partial charge in [-0.3, -0.25) is 9.69 Å². The Labute approximate surface area is 114 Å². The van der Waals surface area contributed by atoms with Gasteiger partial charge < -0.3 is 14.4 Å². The van der Waals surface area contributed by atoms with Gasteiger partial charge in [-0.15, -0.1) is 0 Å². The van der Waals surface area contributed by atoms with Gasteiger partial charge in [0.2, 0.25) is 5.91 Å². The molecule has 0 aromatic rings. The van der Waals surface area contributed by atoms with Gasteiger partial charge >= 0.3 is 6.09 Å². The molecule has 1 rings (SSSR count). The van der Waals surface area contributed by atoms with Crippen LogP contribution in [0.3, 0.4) is 0 Å². The lowest BCUT2D eigenvalue weighted by Gasteiger charge is -2.29. The lowest BCUT2D eigenvalue weighted by Crippen LogP contribution is -2.47. The van der Waals surface area contributed by atoms with Gasteiger partial charge in [0, 0.05) is 27.6 Å².